The topological polar surface area (TPSA) is 66.4 Å². The molecular weight excluding hydrogens is 270 g/mol. The van der Waals surface area contributed by atoms with Crippen LogP contribution in [0.5, 0.6) is 0 Å². The van der Waals surface area contributed by atoms with Crippen molar-refractivity contribution in [3.05, 3.63) is 16.5 Å². The molecule has 1 aromatic rings. The Labute approximate surface area is 112 Å². The van der Waals surface area contributed by atoms with E-state index >= 15 is 0 Å². The second-order valence-corrected chi connectivity index (χ2v) is 7.94. The zero-order valence-electron chi connectivity index (χ0n) is 10.5. The van der Waals surface area contributed by atoms with Gasteiger partial charge in [-0.1, -0.05) is 12.8 Å². The van der Waals surface area contributed by atoms with Crippen molar-refractivity contribution in [2.75, 3.05) is 6.54 Å². The lowest BCUT2D eigenvalue weighted by molar-refractivity contribution is 0.285. The fraction of sp³-hybridized carbons (Fsp3) is 0.667. The molecule has 4 nitrogen and oxygen atoms in total. The van der Waals surface area contributed by atoms with Gasteiger partial charge in [0.2, 0.25) is 10.0 Å². The van der Waals surface area contributed by atoms with Gasteiger partial charge in [0.1, 0.15) is 4.21 Å². The minimum Gasteiger partial charge on any atom is -0.391 e. The van der Waals surface area contributed by atoms with Crippen LogP contribution in [-0.2, 0) is 16.6 Å². The molecule has 1 saturated carbocycles. The fourth-order valence-corrected chi connectivity index (χ4v) is 4.42. The quantitative estimate of drug-likeness (QED) is 0.755. The molecule has 0 atom stereocenters. The number of hydrogen-bond donors (Lipinski definition) is 2. The molecule has 0 spiro atoms. The monoisotopic (exact) mass is 289 g/mol. The second kappa shape index (κ2) is 5.69. The highest BCUT2D eigenvalue weighted by Gasteiger charge is 2.21. The van der Waals surface area contributed by atoms with Crippen molar-refractivity contribution in [2.45, 2.75) is 43.4 Å². The van der Waals surface area contributed by atoms with Gasteiger partial charge in [-0.3, -0.25) is 0 Å². The van der Waals surface area contributed by atoms with E-state index in [0.29, 0.717) is 15.6 Å². The minimum absolute atomic E-state index is 0.103. The molecule has 1 fully saturated rings. The second-order valence-electron chi connectivity index (χ2n) is 4.81. The van der Waals surface area contributed by atoms with Crippen molar-refractivity contribution in [1.82, 2.24) is 4.72 Å². The van der Waals surface area contributed by atoms with Gasteiger partial charge in [-0.05, 0) is 37.3 Å². The van der Waals surface area contributed by atoms with Gasteiger partial charge in [-0.25, -0.2) is 13.1 Å². The van der Waals surface area contributed by atoms with Crippen LogP contribution in [0.2, 0.25) is 0 Å². The molecule has 0 aromatic carbocycles. The molecule has 1 heterocycles. The SMILES string of the molecule is Cc1cc(S(=O)(=O)NCCCC2CC2)sc1CO. The van der Waals surface area contributed by atoms with Crippen molar-refractivity contribution in [2.24, 2.45) is 5.92 Å². The Hall–Kier alpha value is -0.430. The van der Waals surface area contributed by atoms with E-state index in [1.54, 1.807) is 6.07 Å². The van der Waals surface area contributed by atoms with Crippen LogP contribution < -0.4 is 4.72 Å². The van der Waals surface area contributed by atoms with Crippen LogP contribution >= 0.6 is 11.3 Å². The van der Waals surface area contributed by atoms with Crippen LogP contribution in [-0.4, -0.2) is 20.1 Å². The van der Waals surface area contributed by atoms with E-state index in [9.17, 15) is 8.42 Å². The van der Waals surface area contributed by atoms with Crippen molar-refractivity contribution in [3.8, 4) is 0 Å². The molecule has 1 aliphatic carbocycles. The highest BCUT2D eigenvalue weighted by molar-refractivity contribution is 7.91. The molecule has 0 amide bonds. The molecule has 18 heavy (non-hydrogen) atoms. The summed E-state index contributed by atoms with van der Waals surface area (Å²) in [5.74, 6) is 0.833. The highest BCUT2D eigenvalue weighted by atomic mass is 32.2. The van der Waals surface area contributed by atoms with Crippen LogP contribution in [0.1, 0.15) is 36.1 Å². The number of sulfonamides is 1. The predicted molar refractivity (Wildman–Crippen MR) is 72.1 cm³/mol. The molecule has 2 rings (SSSR count). The third kappa shape index (κ3) is 3.54. The van der Waals surface area contributed by atoms with Gasteiger partial charge in [-0.15, -0.1) is 11.3 Å². The van der Waals surface area contributed by atoms with E-state index in [1.165, 1.54) is 12.8 Å². The van der Waals surface area contributed by atoms with Crippen molar-refractivity contribution in [1.29, 1.82) is 0 Å². The zero-order valence-corrected chi connectivity index (χ0v) is 12.1. The Bertz CT molecular complexity index is 503. The average molecular weight is 289 g/mol. The van der Waals surface area contributed by atoms with Crippen LogP contribution in [0, 0.1) is 12.8 Å². The van der Waals surface area contributed by atoms with Crippen LogP contribution in [0.4, 0.5) is 0 Å². The molecule has 1 aromatic heterocycles. The summed E-state index contributed by atoms with van der Waals surface area (Å²) in [5, 5.41) is 9.07. The zero-order chi connectivity index (χ0) is 13.2. The number of thiophene rings is 1. The van der Waals surface area contributed by atoms with Gasteiger partial charge in [0.25, 0.3) is 0 Å². The number of aliphatic hydroxyl groups is 1. The van der Waals surface area contributed by atoms with Gasteiger partial charge < -0.3 is 5.11 Å². The third-order valence-corrected chi connectivity index (χ3v) is 6.34. The number of hydrogen-bond acceptors (Lipinski definition) is 4. The van der Waals surface area contributed by atoms with Crippen LogP contribution in [0.15, 0.2) is 10.3 Å². The van der Waals surface area contributed by atoms with Gasteiger partial charge in [-0.2, -0.15) is 0 Å². The van der Waals surface area contributed by atoms with Gasteiger partial charge in [0.05, 0.1) is 6.61 Å². The van der Waals surface area contributed by atoms with E-state index < -0.39 is 10.0 Å². The van der Waals surface area contributed by atoms with Crippen molar-refractivity contribution >= 4 is 21.4 Å². The summed E-state index contributed by atoms with van der Waals surface area (Å²) in [6.07, 6.45) is 4.63. The first kappa shape index (κ1) is 14.0. The fourth-order valence-electron chi connectivity index (χ4n) is 1.85. The van der Waals surface area contributed by atoms with Gasteiger partial charge in [0.15, 0.2) is 0 Å². The Kier molecular flexibility index (Phi) is 4.42. The highest BCUT2D eigenvalue weighted by Crippen LogP contribution is 2.33. The summed E-state index contributed by atoms with van der Waals surface area (Å²) in [5.41, 5.74) is 0.834. The summed E-state index contributed by atoms with van der Waals surface area (Å²) in [6, 6.07) is 1.62. The molecule has 6 heteroatoms. The van der Waals surface area contributed by atoms with Crippen LogP contribution in [0.3, 0.4) is 0 Å². The van der Waals surface area contributed by atoms with E-state index in [2.05, 4.69) is 4.72 Å². The van der Waals surface area contributed by atoms with Crippen molar-refractivity contribution < 1.29 is 13.5 Å². The maximum absolute atomic E-state index is 12.0. The van der Waals surface area contributed by atoms with E-state index in [0.717, 1.165) is 35.7 Å². The molecule has 2 N–H and O–H groups in total. The first-order valence-electron chi connectivity index (χ1n) is 6.23. The molecule has 102 valence electrons. The van der Waals surface area contributed by atoms with Crippen molar-refractivity contribution in [3.63, 3.8) is 0 Å². The maximum atomic E-state index is 12.0. The Balaban J connectivity index is 1.91. The summed E-state index contributed by atoms with van der Waals surface area (Å²) in [4.78, 5) is 0.716. The Morgan fingerprint density at radius 1 is 1.50 bits per heavy atom. The Morgan fingerprint density at radius 2 is 2.22 bits per heavy atom. The molecule has 0 saturated heterocycles. The summed E-state index contributed by atoms with van der Waals surface area (Å²) >= 11 is 1.14. The molecular formula is C12H19NO3S2. The maximum Gasteiger partial charge on any atom is 0.250 e. The lowest BCUT2D eigenvalue weighted by Gasteiger charge is -2.03. The number of aliphatic hydroxyl groups excluding tert-OH is 1. The molecule has 0 unspecified atom stereocenters. The largest absolute Gasteiger partial charge is 0.391 e. The molecule has 0 bridgehead atoms. The number of rotatable bonds is 7. The first-order valence-corrected chi connectivity index (χ1v) is 8.52. The summed E-state index contributed by atoms with van der Waals surface area (Å²) < 4.78 is 26.9. The molecule has 1 aliphatic rings. The van der Waals surface area contributed by atoms with E-state index in [1.807, 2.05) is 6.92 Å². The lowest BCUT2D eigenvalue weighted by Crippen LogP contribution is -2.24. The van der Waals surface area contributed by atoms with E-state index in [4.69, 9.17) is 5.11 Å². The van der Waals surface area contributed by atoms with E-state index in [-0.39, 0.29) is 6.61 Å². The standard InChI is InChI=1S/C12H19NO3S2/c1-9-7-12(17-11(9)8-14)18(15,16)13-6-2-3-10-4-5-10/h7,10,13-14H,2-6,8H2,1H3. The normalized spacial score (nSPS) is 16.1. The Morgan fingerprint density at radius 3 is 2.78 bits per heavy atom. The number of nitrogens with one attached hydrogen (secondary N) is 1. The molecule has 0 radical (unpaired) electrons. The van der Waals surface area contributed by atoms with Gasteiger partial charge in [0, 0.05) is 11.4 Å². The third-order valence-electron chi connectivity index (χ3n) is 3.18. The van der Waals surface area contributed by atoms with Gasteiger partial charge >= 0.3 is 0 Å². The molecule has 0 aliphatic heterocycles. The average Bonchev–Trinajstić information content (AvgIpc) is 3.06. The number of aryl methyl sites for hydroxylation is 1. The first-order chi connectivity index (χ1) is 8.53. The summed E-state index contributed by atoms with van der Waals surface area (Å²) in [6.45, 7) is 2.21. The predicted octanol–water partition coefficient (Wildman–Crippen LogP) is 2.02. The summed E-state index contributed by atoms with van der Waals surface area (Å²) in [7, 11) is -3.39. The van der Waals surface area contributed by atoms with Crippen LogP contribution in [0.25, 0.3) is 0 Å². The smallest absolute Gasteiger partial charge is 0.250 e. The lowest BCUT2D eigenvalue weighted by atomic mass is 10.2. The minimum atomic E-state index is -3.39.